The quantitative estimate of drug-likeness (QED) is 0.818. The van der Waals surface area contributed by atoms with E-state index in [0.717, 1.165) is 0 Å². The Morgan fingerprint density at radius 1 is 1.23 bits per heavy atom. The van der Waals surface area contributed by atoms with Gasteiger partial charge in [-0.05, 0) is 18.2 Å². The van der Waals surface area contributed by atoms with Gasteiger partial charge in [0.1, 0.15) is 11.4 Å². The number of nitrogens with zero attached hydrogens (tertiary/aromatic N) is 3. The zero-order chi connectivity index (χ0) is 18.5. The zero-order valence-electron chi connectivity index (χ0n) is 13.8. The van der Waals surface area contributed by atoms with Gasteiger partial charge >= 0.3 is 5.97 Å². The number of rotatable bonds is 5. The molecular formula is C18H15N3O4S. The number of hydrogen-bond acceptors (Lipinski definition) is 6. The lowest BCUT2D eigenvalue weighted by atomic mass is 10.1. The summed E-state index contributed by atoms with van der Waals surface area (Å²) < 4.78 is 5.27. The number of carboxylic acids is 1. The molecule has 0 unspecified atom stereocenters. The summed E-state index contributed by atoms with van der Waals surface area (Å²) in [6.45, 7) is 0. The van der Waals surface area contributed by atoms with Crippen LogP contribution in [0.2, 0.25) is 0 Å². The van der Waals surface area contributed by atoms with Crippen LogP contribution in [-0.4, -0.2) is 46.2 Å². The van der Waals surface area contributed by atoms with Crippen molar-refractivity contribution >= 4 is 40.7 Å². The largest absolute Gasteiger partial charge is 0.494 e. The van der Waals surface area contributed by atoms with E-state index in [4.69, 9.17) is 4.74 Å². The maximum Gasteiger partial charge on any atom is 0.336 e. The van der Waals surface area contributed by atoms with Crippen molar-refractivity contribution < 1.29 is 19.4 Å². The van der Waals surface area contributed by atoms with E-state index in [1.54, 1.807) is 37.4 Å². The molecule has 0 radical (unpaired) electrons. The van der Waals surface area contributed by atoms with Gasteiger partial charge in [-0.2, -0.15) is 10.1 Å². The van der Waals surface area contributed by atoms with Crippen LogP contribution in [0, 0.1) is 0 Å². The molecule has 0 bridgehead atoms. The molecule has 0 aromatic heterocycles. The maximum absolute atomic E-state index is 12.1. The standard InChI is InChI=1S/C18H15N3O4S/c1-25-15-9-5-4-8-14(15)20-18-21(16(22)11-26-18)19-10-12-6-2-3-7-13(12)17(23)24/h2-10H,11H2,1H3,(H,23,24)/b19-10-,20-18?. The third kappa shape index (κ3) is 3.75. The van der Waals surface area contributed by atoms with Crippen molar-refractivity contribution in [2.75, 3.05) is 12.9 Å². The summed E-state index contributed by atoms with van der Waals surface area (Å²) in [5, 5.41) is 15.0. The first kappa shape index (κ1) is 17.7. The van der Waals surface area contributed by atoms with Crippen LogP contribution in [0.5, 0.6) is 5.75 Å². The molecule has 2 aromatic rings. The number of carbonyl (C=O) groups is 2. The van der Waals surface area contributed by atoms with E-state index in [0.29, 0.717) is 22.2 Å². The number of thioether (sulfide) groups is 1. The average molecular weight is 369 g/mol. The number of hydrogen-bond donors (Lipinski definition) is 1. The van der Waals surface area contributed by atoms with Gasteiger partial charge in [0.25, 0.3) is 5.91 Å². The van der Waals surface area contributed by atoms with Crippen molar-refractivity contribution in [3.8, 4) is 5.75 Å². The lowest BCUT2D eigenvalue weighted by molar-refractivity contribution is -0.124. The van der Waals surface area contributed by atoms with Gasteiger partial charge in [-0.25, -0.2) is 9.79 Å². The van der Waals surface area contributed by atoms with Gasteiger partial charge in [0.2, 0.25) is 0 Å². The molecule has 1 aliphatic heterocycles. The van der Waals surface area contributed by atoms with Crippen LogP contribution in [-0.2, 0) is 4.79 Å². The van der Waals surface area contributed by atoms with Crippen molar-refractivity contribution in [1.29, 1.82) is 0 Å². The van der Waals surface area contributed by atoms with E-state index in [-0.39, 0.29) is 17.2 Å². The Labute approximate surface area is 154 Å². The molecule has 8 heteroatoms. The number of ether oxygens (including phenoxy) is 1. The Bertz CT molecular complexity index is 911. The minimum absolute atomic E-state index is 0.110. The molecule has 1 amide bonds. The normalized spacial score (nSPS) is 15.8. The molecule has 26 heavy (non-hydrogen) atoms. The molecule has 3 rings (SSSR count). The molecule has 7 nitrogen and oxygen atoms in total. The molecule has 1 aliphatic rings. The summed E-state index contributed by atoms with van der Waals surface area (Å²) >= 11 is 1.26. The van der Waals surface area contributed by atoms with E-state index in [2.05, 4.69) is 10.1 Å². The highest BCUT2D eigenvalue weighted by Gasteiger charge is 2.28. The van der Waals surface area contributed by atoms with E-state index >= 15 is 0 Å². The second-order valence-corrected chi connectivity index (χ2v) is 6.14. The first-order chi connectivity index (χ1) is 12.6. The predicted molar refractivity (Wildman–Crippen MR) is 100 cm³/mol. The minimum Gasteiger partial charge on any atom is -0.494 e. The van der Waals surface area contributed by atoms with Gasteiger partial charge in [0, 0.05) is 5.56 Å². The van der Waals surface area contributed by atoms with Crippen LogP contribution < -0.4 is 4.74 Å². The number of carboxylic acid groups (broad SMARTS) is 1. The molecule has 2 aromatic carbocycles. The molecule has 0 saturated carbocycles. The molecular weight excluding hydrogens is 354 g/mol. The summed E-state index contributed by atoms with van der Waals surface area (Å²) in [6, 6.07) is 13.6. The second kappa shape index (κ2) is 7.83. The maximum atomic E-state index is 12.1. The van der Waals surface area contributed by atoms with E-state index < -0.39 is 5.97 Å². The Hall–Kier alpha value is -3.13. The van der Waals surface area contributed by atoms with Gasteiger partial charge in [0.05, 0.1) is 24.6 Å². The van der Waals surface area contributed by atoms with Gasteiger partial charge in [-0.1, -0.05) is 42.1 Å². The number of amides is 1. The summed E-state index contributed by atoms with van der Waals surface area (Å²) in [5.74, 6) is -0.490. The molecule has 0 atom stereocenters. The third-order valence-electron chi connectivity index (χ3n) is 3.55. The number of methoxy groups -OCH3 is 1. The summed E-state index contributed by atoms with van der Waals surface area (Å²) in [7, 11) is 1.55. The van der Waals surface area contributed by atoms with Crippen LogP contribution in [0.4, 0.5) is 5.69 Å². The van der Waals surface area contributed by atoms with Gasteiger partial charge in [-0.3, -0.25) is 4.79 Å². The van der Waals surface area contributed by atoms with Crippen molar-refractivity contribution in [1.82, 2.24) is 5.01 Å². The van der Waals surface area contributed by atoms with Crippen LogP contribution in [0.25, 0.3) is 0 Å². The van der Waals surface area contributed by atoms with E-state index in [1.165, 1.54) is 29.1 Å². The minimum atomic E-state index is -1.06. The number of para-hydroxylation sites is 2. The highest BCUT2D eigenvalue weighted by Crippen LogP contribution is 2.30. The van der Waals surface area contributed by atoms with Gasteiger partial charge in [0.15, 0.2) is 5.17 Å². The smallest absolute Gasteiger partial charge is 0.336 e. The Morgan fingerprint density at radius 3 is 2.73 bits per heavy atom. The molecule has 1 fully saturated rings. The Morgan fingerprint density at radius 2 is 1.96 bits per heavy atom. The highest BCUT2D eigenvalue weighted by molar-refractivity contribution is 8.15. The number of aromatic carboxylic acids is 1. The van der Waals surface area contributed by atoms with Crippen molar-refractivity contribution in [2.24, 2.45) is 10.1 Å². The summed E-state index contributed by atoms with van der Waals surface area (Å²) in [4.78, 5) is 27.9. The zero-order valence-corrected chi connectivity index (χ0v) is 14.6. The fourth-order valence-corrected chi connectivity index (χ4v) is 3.11. The van der Waals surface area contributed by atoms with Crippen molar-refractivity contribution in [3.63, 3.8) is 0 Å². The first-order valence-electron chi connectivity index (χ1n) is 7.64. The number of amidine groups is 1. The fraction of sp³-hybridized carbons (Fsp3) is 0.111. The third-order valence-corrected chi connectivity index (χ3v) is 4.46. The van der Waals surface area contributed by atoms with Crippen LogP contribution in [0.3, 0.4) is 0 Å². The number of aliphatic imine (C=N–C) groups is 1. The second-order valence-electron chi connectivity index (χ2n) is 5.20. The lowest BCUT2D eigenvalue weighted by Gasteiger charge is -2.10. The van der Waals surface area contributed by atoms with Crippen molar-refractivity contribution in [3.05, 3.63) is 59.7 Å². The fourth-order valence-electron chi connectivity index (χ4n) is 2.30. The molecule has 0 aliphatic carbocycles. The highest BCUT2D eigenvalue weighted by atomic mass is 32.2. The number of carbonyl (C=O) groups excluding carboxylic acids is 1. The monoisotopic (exact) mass is 369 g/mol. The van der Waals surface area contributed by atoms with Crippen molar-refractivity contribution in [2.45, 2.75) is 0 Å². The molecule has 1 N–H and O–H groups in total. The van der Waals surface area contributed by atoms with Gasteiger partial charge in [-0.15, -0.1) is 0 Å². The summed E-state index contributed by atoms with van der Waals surface area (Å²) in [6.07, 6.45) is 1.35. The van der Waals surface area contributed by atoms with Crippen LogP contribution in [0.15, 0.2) is 58.6 Å². The number of hydrazone groups is 1. The Balaban J connectivity index is 1.92. The van der Waals surface area contributed by atoms with E-state index in [9.17, 15) is 14.7 Å². The molecule has 1 saturated heterocycles. The number of benzene rings is 2. The topological polar surface area (TPSA) is 91.6 Å². The Kier molecular flexibility index (Phi) is 5.33. The first-order valence-corrected chi connectivity index (χ1v) is 8.62. The molecule has 0 spiro atoms. The van der Waals surface area contributed by atoms with Gasteiger partial charge < -0.3 is 9.84 Å². The summed E-state index contributed by atoms with van der Waals surface area (Å²) in [5.41, 5.74) is 1.10. The van der Waals surface area contributed by atoms with Crippen LogP contribution in [0.1, 0.15) is 15.9 Å². The molecule has 1 heterocycles. The predicted octanol–water partition coefficient (Wildman–Crippen LogP) is 2.99. The average Bonchev–Trinajstić information content (AvgIpc) is 3.00. The van der Waals surface area contributed by atoms with Crippen LogP contribution >= 0.6 is 11.8 Å². The SMILES string of the molecule is COc1ccccc1N=C1SCC(=O)N1/N=C\c1ccccc1C(=O)O. The lowest BCUT2D eigenvalue weighted by Crippen LogP contribution is -2.24. The van der Waals surface area contributed by atoms with E-state index in [1.807, 2.05) is 12.1 Å². The molecule has 132 valence electrons.